The van der Waals surface area contributed by atoms with Gasteiger partial charge in [-0.25, -0.2) is 0 Å². The first-order chi connectivity index (χ1) is 26.3. The lowest BCUT2D eigenvalue weighted by Gasteiger charge is -2.27. The minimum Gasteiger partial charge on any atom is -0.455 e. The van der Waals surface area contributed by atoms with Crippen molar-refractivity contribution in [3.63, 3.8) is 0 Å². The van der Waals surface area contributed by atoms with Gasteiger partial charge >= 0.3 is 0 Å². The average Bonchev–Trinajstić information content (AvgIpc) is 3.81. The van der Waals surface area contributed by atoms with E-state index in [9.17, 15) is 0 Å². The number of fused-ring (bicyclic) bond motifs is 9. The van der Waals surface area contributed by atoms with Crippen molar-refractivity contribution in [3.8, 4) is 22.3 Å². The molecule has 9 aromatic carbocycles. The van der Waals surface area contributed by atoms with Gasteiger partial charge in [0.25, 0.3) is 0 Å². The predicted octanol–water partition coefficient (Wildman–Crippen LogP) is 15.1. The van der Waals surface area contributed by atoms with Crippen LogP contribution in [0.4, 0.5) is 17.1 Å². The monoisotopic (exact) mass is 693 g/mol. The zero-order valence-corrected chi connectivity index (χ0v) is 29.5. The molecule has 0 unspecified atom stereocenters. The SMILES string of the molecule is c1ccc(-c2ccc3c(c2)oc2c(-c4ccccc4)ccc(N(c4ccc5c(ccc6ccccc65)c4)c4cccc5c4sc4ccccc45)c23)cc1. The highest BCUT2D eigenvalue weighted by molar-refractivity contribution is 7.26. The molecule has 248 valence electrons. The third kappa shape index (κ3) is 4.78. The van der Waals surface area contributed by atoms with Crippen molar-refractivity contribution in [2.24, 2.45) is 0 Å². The zero-order valence-electron chi connectivity index (χ0n) is 28.7. The lowest BCUT2D eigenvalue weighted by Crippen LogP contribution is -2.10. The molecule has 0 saturated heterocycles. The molecule has 11 aromatic rings. The third-order valence-corrected chi connectivity index (χ3v) is 11.9. The molecule has 0 spiro atoms. The normalized spacial score (nSPS) is 11.8. The third-order valence-electron chi connectivity index (χ3n) is 10.6. The number of anilines is 3. The molecule has 0 saturated carbocycles. The maximum Gasteiger partial charge on any atom is 0.145 e. The first-order valence-electron chi connectivity index (χ1n) is 18.0. The number of thiophene rings is 1. The van der Waals surface area contributed by atoms with Crippen molar-refractivity contribution >= 4 is 92.1 Å². The van der Waals surface area contributed by atoms with Crippen LogP contribution < -0.4 is 4.90 Å². The molecule has 0 aliphatic carbocycles. The molecule has 2 nitrogen and oxygen atoms in total. The Morgan fingerprint density at radius 1 is 0.415 bits per heavy atom. The maximum atomic E-state index is 6.99. The molecule has 0 N–H and O–H groups in total. The van der Waals surface area contributed by atoms with E-state index in [-0.39, 0.29) is 0 Å². The Labute approximate surface area is 310 Å². The van der Waals surface area contributed by atoms with Crippen LogP contribution in [-0.2, 0) is 0 Å². The fraction of sp³-hybridized carbons (Fsp3) is 0. The Bertz CT molecular complexity index is 3180. The minimum atomic E-state index is 0.871. The molecule has 0 amide bonds. The summed E-state index contributed by atoms with van der Waals surface area (Å²) in [7, 11) is 0. The van der Waals surface area contributed by atoms with Gasteiger partial charge in [0.2, 0.25) is 0 Å². The van der Waals surface area contributed by atoms with E-state index in [2.05, 4.69) is 193 Å². The molecule has 0 atom stereocenters. The molecule has 0 radical (unpaired) electrons. The van der Waals surface area contributed by atoms with Crippen LogP contribution >= 0.6 is 11.3 Å². The standard InChI is InChI=1S/C50H31NOS/c1-3-12-32(13-4-1)35-24-26-43-46(31-35)52-49-40(33-14-5-2-6-15-33)28-29-44(48(43)49)51(45-20-11-19-42-41-18-9-10-21-47(41)53-50(42)45)37-25-27-39-36(30-37)23-22-34-16-7-8-17-38(34)39/h1-31H. The van der Waals surface area contributed by atoms with Crippen LogP contribution in [0.1, 0.15) is 0 Å². The Kier molecular flexibility index (Phi) is 6.76. The van der Waals surface area contributed by atoms with Gasteiger partial charge in [-0.2, -0.15) is 0 Å². The lowest BCUT2D eigenvalue weighted by atomic mass is 9.98. The van der Waals surface area contributed by atoms with E-state index in [1.807, 2.05) is 11.3 Å². The van der Waals surface area contributed by atoms with E-state index in [1.165, 1.54) is 47.3 Å². The van der Waals surface area contributed by atoms with Gasteiger partial charge in [-0.05, 0) is 86.8 Å². The van der Waals surface area contributed by atoms with Gasteiger partial charge in [-0.15, -0.1) is 11.3 Å². The van der Waals surface area contributed by atoms with Gasteiger partial charge in [0.15, 0.2) is 0 Å². The minimum absolute atomic E-state index is 0.871. The van der Waals surface area contributed by atoms with Gasteiger partial charge < -0.3 is 9.32 Å². The number of nitrogens with zero attached hydrogens (tertiary/aromatic N) is 1. The van der Waals surface area contributed by atoms with Gasteiger partial charge in [0.1, 0.15) is 11.2 Å². The van der Waals surface area contributed by atoms with Crippen LogP contribution in [0.15, 0.2) is 192 Å². The van der Waals surface area contributed by atoms with Crippen LogP contribution in [0.2, 0.25) is 0 Å². The first-order valence-corrected chi connectivity index (χ1v) is 18.8. The average molecular weight is 694 g/mol. The van der Waals surface area contributed by atoms with Crippen LogP contribution in [0.3, 0.4) is 0 Å². The smallest absolute Gasteiger partial charge is 0.145 e. The van der Waals surface area contributed by atoms with E-state index in [0.29, 0.717) is 0 Å². The summed E-state index contributed by atoms with van der Waals surface area (Å²) in [6.45, 7) is 0. The van der Waals surface area contributed by atoms with Crippen LogP contribution in [0.25, 0.3) is 85.9 Å². The summed E-state index contributed by atoms with van der Waals surface area (Å²) in [5.41, 5.74) is 9.58. The van der Waals surface area contributed by atoms with E-state index in [4.69, 9.17) is 4.42 Å². The number of rotatable bonds is 5. The Hall–Kier alpha value is -6.68. The molecule has 0 fully saturated rings. The summed E-state index contributed by atoms with van der Waals surface area (Å²) in [6.07, 6.45) is 0. The highest BCUT2D eigenvalue weighted by Gasteiger charge is 2.25. The Morgan fingerprint density at radius 3 is 1.98 bits per heavy atom. The second kappa shape index (κ2) is 11.9. The summed E-state index contributed by atoms with van der Waals surface area (Å²) < 4.78 is 9.53. The van der Waals surface area contributed by atoms with Crippen LogP contribution in [-0.4, -0.2) is 0 Å². The molecule has 0 bridgehead atoms. The van der Waals surface area contributed by atoms with Gasteiger partial charge in [0, 0.05) is 32.1 Å². The zero-order chi connectivity index (χ0) is 34.9. The molecular formula is C50H31NOS. The number of hydrogen-bond donors (Lipinski definition) is 0. The molecule has 2 heterocycles. The van der Waals surface area contributed by atoms with Crippen molar-refractivity contribution in [2.45, 2.75) is 0 Å². The Morgan fingerprint density at radius 2 is 1.11 bits per heavy atom. The van der Waals surface area contributed by atoms with E-state index in [0.717, 1.165) is 55.7 Å². The fourth-order valence-corrected chi connectivity index (χ4v) is 9.37. The topological polar surface area (TPSA) is 16.4 Å². The van der Waals surface area contributed by atoms with Crippen molar-refractivity contribution in [1.29, 1.82) is 0 Å². The fourth-order valence-electron chi connectivity index (χ4n) is 8.16. The molecule has 0 aliphatic rings. The van der Waals surface area contributed by atoms with Gasteiger partial charge in [-0.3, -0.25) is 0 Å². The van der Waals surface area contributed by atoms with E-state index in [1.54, 1.807) is 0 Å². The molecule has 2 aromatic heterocycles. The summed E-state index contributed by atoms with van der Waals surface area (Å²) in [6, 6.07) is 67.9. The molecule has 11 rings (SSSR count). The van der Waals surface area contributed by atoms with Crippen LogP contribution in [0.5, 0.6) is 0 Å². The van der Waals surface area contributed by atoms with E-state index < -0.39 is 0 Å². The molecule has 3 heteroatoms. The van der Waals surface area contributed by atoms with Crippen molar-refractivity contribution < 1.29 is 4.42 Å². The van der Waals surface area contributed by atoms with Crippen molar-refractivity contribution in [1.82, 2.24) is 0 Å². The molecular weight excluding hydrogens is 663 g/mol. The largest absolute Gasteiger partial charge is 0.455 e. The predicted molar refractivity (Wildman–Crippen MR) is 227 cm³/mol. The van der Waals surface area contributed by atoms with Crippen molar-refractivity contribution in [2.75, 3.05) is 4.90 Å². The first kappa shape index (κ1) is 30.0. The highest BCUT2D eigenvalue weighted by Crippen LogP contribution is 2.50. The lowest BCUT2D eigenvalue weighted by molar-refractivity contribution is 0.670. The second-order valence-corrected chi connectivity index (χ2v) is 14.7. The summed E-state index contributed by atoms with van der Waals surface area (Å²) >= 11 is 1.86. The van der Waals surface area contributed by atoms with Crippen molar-refractivity contribution in [3.05, 3.63) is 188 Å². The molecule has 0 aliphatic heterocycles. The number of benzene rings is 9. The van der Waals surface area contributed by atoms with Gasteiger partial charge in [0.05, 0.1) is 21.5 Å². The summed E-state index contributed by atoms with van der Waals surface area (Å²) in [5.74, 6) is 0. The highest BCUT2D eigenvalue weighted by atomic mass is 32.1. The Balaban J connectivity index is 1.23. The maximum absolute atomic E-state index is 6.99. The number of hydrogen-bond acceptors (Lipinski definition) is 3. The number of furan rings is 1. The molecule has 53 heavy (non-hydrogen) atoms. The van der Waals surface area contributed by atoms with Gasteiger partial charge in [-0.1, -0.05) is 140 Å². The second-order valence-electron chi connectivity index (χ2n) is 13.7. The van der Waals surface area contributed by atoms with Crippen LogP contribution in [0, 0.1) is 0 Å². The summed E-state index contributed by atoms with van der Waals surface area (Å²) in [5, 5.41) is 9.70. The summed E-state index contributed by atoms with van der Waals surface area (Å²) in [4.78, 5) is 2.46. The quantitative estimate of drug-likeness (QED) is 0.167. The van der Waals surface area contributed by atoms with E-state index >= 15 is 0 Å².